The van der Waals surface area contributed by atoms with E-state index in [1.807, 2.05) is 0 Å². The van der Waals surface area contributed by atoms with Crippen LogP contribution in [-0.4, -0.2) is 47.7 Å². The van der Waals surface area contributed by atoms with Crippen LogP contribution in [0.2, 0.25) is 0 Å². The summed E-state index contributed by atoms with van der Waals surface area (Å²) in [5.74, 6) is -1.91. The van der Waals surface area contributed by atoms with Crippen molar-refractivity contribution in [2.45, 2.75) is 12.5 Å². The number of aliphatic carboxylic acids is 1. The van der Waals surface area contributed by atoms with E-state index in [4.69, 9.17) is 9.84 Å². The van der Waals surface area contributed by atoms with E-state index in [9.17, 15) is 14.0 Å². The number of halogens is 2. The molecule has 1 aromatic carbocycles. The minimum atomic E-state index is -1.000. The van der Waals surface area contributed by atoms with Crippen LogP contribution < -0.4 is 0 Å². The molecule has 1 unspecified atom stereocenters. The van der Waals surface area contributed by atoms with Crippen LogP contribution in [0.4, 0.5) is 4.39 Å². The number of hydrogen-bond acceptors (Lipinski definition) is 3. The molecule has 0 bridgehead atoms. The highest BCUT2D eigenvalue weighted by Crippen LogP contribution is 2.20. The SMILES string of the molecule is O=C(O)CC1COCCN1C(=O)c1ccc(Br)c(F)c1. The molecule has 1 aliphatic heterocycles. The minimum Gasteiger partial charge on any atom is -0.481 e. The third-order valence-electron chi connectivity index (χ3n) is 3.07. The van der Waals surface area contributed by atoms with Gasteiger partial charge < -0.3 is 14.7 Å². The molecule has 0 spiro atoms. The Morgan fingerprint density at radius 1 is 1.50 bits per heavy atom. The second-order valence-electron chi connectivity index (χ2n) is 4.45. The highest BCUT2D eigenvalue weighted by Gasteiger charge is 2.30. The Balaban J connectivity index is 2.20. The summed E-state index contributed by atoms with van der Waals surface area (Å²) in [6, 6.07) is 3.57. The summed E-state index contributed by atoms with van der Waals surface area (Å²) in [7, 11) is 0. The fraction of sp³-hybridized carbons (Fsp3) is 0.385. The molecule has 20 heavy (non-hydrogen) atoms. The normalized spacial score (nSPS) is 18.9. The van der Waals surface area contributed by atoms with Crippen molar-refractivity contribution in [2.24, 2.45) is 0 Å². The Kier molecular flexibility index (Phi) is 4.72. The highest BCUT2D eigenvalue weighted by molar-refractivity contribution is 9.10. The number of benzene rings is 1. The molecule has 0 saturated carbocycles. The Hall–Kier alpha value is -1.47. The zero-order valence-corrected chi connectivity index (χ0v) is 12.1. The molecule has 108 valence electrons. The number of carbonyl (C=O) groups is 2. The van der Waals surface area contributed by atoms with Crippen molar-refractivity contribution in [3.8, 4) is 0 Å². The van der Waals surface area contributed by atoms with E-state index < -0.39 is 17.8 Å². The molecule has 0 radical (unpaired) electrons. The van der Waals surface area contributed by atoms with E-state index in [-0.39, 0.29) is 29.0 Å². The fourth-order valence-electron chi connectivity index (χ4n) is 2.09. The molecule has 7 heteroatoms. The van der Waals surface area contributed by atoms with E-state index in [0.29, 0.717) is 13.2 Å². The predicted molar refractivity (Wildman–Crippen MR) is 72.0 cm³/mol. The van der Waals surface area contributed by atoms with Gasteiger partial charge in [-0.2, -0.15) is 0 Å². The van der Waals surface area contributed by atoms with Gasteiger partial charge in [0.2, 0.25) is 0 Å². The molecule has 2 rings (SSSR count). The minimum absolute atomic E-state index is 0.178. The maximum atomic E-state index is 13.5. The van der Waals surface area contributed by atoms with Crippen molar-refractivity contribution in [2.75, 3.05) is 19.8 Å². The van der Waals surface area contributed by atoms with Crippen LogP contribution in [0.1, 0.15) is 16.8 Å². The summed E-state index contributed by atoms with van der Waals surface area (Å²) < 4.78 is 19.0. The number of carbonyl (C=O) groups excluding carboxylic acids is 1. The van der Waals surface area contributed by atoms with Crippen molar-refractivity contribution in [3.05, 3.63) is 34.1 Å². The quantitative estimate of drug-likeness (QED) is 0.908. The number of carboxylic acid groups (broad SMARTS) is 1. The zero-order chi connectivity index (χ0) is 14.7. The summed E-state index contributed by atoms with van der Waals surface area (Å²) in [6.07, 6.45) is -0.190. The fourth-order valence-corrected chi connectivity index (χ4v) is 2.33. The molecule has 0 aromatic heterocycles. The van der Waals surface area contributed by atoms with Crippen LogP contribution >= 0.6 is 15.9 Å². The molecule has 0 aliphatic carbocycles. The molecule has 1 atom stereocenters. The van der Waals surface area contributed by atoms with Gasteiger partial charge in [0.1, 0.15) is 5.82 Å². The monoisotopic (exact) mass is 345 g/mol. The van der Waals surface area contributed by atoms with Crippen molar-refractivity contribution < 1.29 is 23.8 Å². The largest absolute Gasteiger partial charge is 0.481 e. The number of hydrogen-bond donors (Lipinski definition) is 1. The van der Waals surface area contributed by atoms with Gasteiger partial charge in [0.05, 0.1) is 30.1 Å². The van der Waals surface area contributed by atoms with E-state index in [0.717, 1.165) is 6.07 Å². The number of ether oxygens (including phenoxy) is 1. The number of nitrogens with zero attached hydrogens (tertiary/aromatic N) is 1. The molecular weight excluding hydrogens is 333 g/mol. The van der Waals surface area contributed by atoms with Crippen molar-refractivity contribution in [1.82, 2.24) is 4.90 Å². The molecular formula is C13H13BrFNO4. The van der Waals surface area contributed by atoms with Crippen molar-refractivity contribution in [1.29, 1.82) is 0 Å². The third kappa shape index (κ3) is 3.34. The first-order valence-corrected chi connectivity index (χ1v) is 6.84. The van der Waals surface area contributed by atoms with Crippen LogP contribution in [0.5, 0.6) is 0 Å². The van der Waals surface area contributed by atoms with E-state index >= 15 is 0 Å². The first kappa shape index (κ1) is 14.9. The number of carboxylic acids is 1. The van der Waals surface area contributed by atoms with Gasteiger partial charge in [-0.15, -0.1) is 0 Å². The summed E-state index contributed by atoms with van der Waals surface area (Å²) in [4.78, 5) is 24.6. The number of morpholine rings is 1. The summed E-state index contributed by atoms with van der Waals surface area (Å²) in [5, 5.41) is 8.86. The Morgan fingerprint density at radius 2 is 2.25 bits per heavy atom. The molecule has 1 saturated heterocycles. The Labute approximate surface area is 123 Å². The summed E-state index contributed by atoms with van der Waals surface area (Å²) >= 11 is 3.02. The molecule has 1 amide bonds. The number of amides is 1. The van der Waals surface area contributed by atoms with Gasteiger partial charge >= 0.3 is 5.97 Å². The smallest absolute Gasteiger partial charge is 0.305 e. The molecule has 1 aromatic rings. The highest BCUT2D eigenvalue weighted by atomic mass is 79.9. The molecule has 1 fully saturated rings. The lowest BCUT2D eigenvalue weighted by atomic mass is 10.1. The van der Waals surface area contributed by atoms with Gasteiger partial charge in [-0.05, 0) is 34.1 Å². The number of rotatable bonds is 3. The summed E-state index contributed by atoms with van der Waals surface area (Å²) in [6.45, 7) is 0.826. The second kappa shape index (κ2) is 6.32. The van der Waals surface area contributed by atoms with Crippen LogP contribution in [0.15, 0.2) is 22.7 Å². The lowest BCUT2D eigenvalue weighted by Gasteiger charge is -2.34. The lowest BCUT2D eigenvalue weighted by molar-refractivity contribution is -0.139. The van der Waals surface area contributed by atoms with Crippen LogP contribution in [-0.2, 0) is 9.53 Å². The van der Waals surface area contributed by atoms with Gasteiger partial charge in [0.15, 0.2) is 0 Å². The van der Waals surface area contributed by atoms with E-state index in [1.54, 1.807) is 0 Å². The van der Waals surface area contributed by atoms with E-state index in [1.165, 1.54) is 17.0 Å². The van der Waals surface area contributed by atoms with Crippen molar-refractivity contribution in [3.63, 3.8) is 0 Å². The molecule has 1 N–H and O–H groups in total. The topological polar surface area (TPSA) is 66.8 Å². The maximum absolute atomic E-state index is 13.5. The second-order valence-corrected chi connectivity index (χ2v) is 5.31. The summed E-state index contributed by atoms with van der Waals surface area (Å²) in [5.41, 5.74) is 0.197. The van der Waals surface area contributed by atoms with Gasteiger partial charge in [-0.1, -0.05) is 0 Å². The third-order valence-corrected chi connectivity index (χ3v) is 3.71. The predicted octanol–water partition coefficient (Wildman–Crippen LogP) is 1.90. The average Bonchev–Trinajstić information content (AvgIpc) is 2.41. The lowest BCUT2D eigenvalue weighted by Crippen LogP contribution is -2.49. The van der Waals surface area contributed by atoms with Gasteiger partial charge in [0.25, 0.3) is 5.91 Å². The zero-order valence-electron chi connectivity index (χ0n) is 10.5. The van der Waals surface area contributed by atoms with Crippen molar-refractivity contribution >= 4 is 27.8 Å². The standard InChI is InChI=1S/C13H13BrFNO4/c14-10-2-1-8(5-11(10)15)13(19)16-3-4-20-7-9(16)6-12(17)18/h1-2,5,9H,3-4,6-7H2,(H,17,18). The van der Waals surface area contributed by atoms with Gasteiger partial charge in [-0.3, -0.25) is 9.59 Å². The first-order valence-electron chi connectivity index (χ1n) is 6.04. The molecule has 1 heterocycles. The average molecular weight is 346 g/mol. The molecule has 1 aliphatic rings. The Bertz CT molecular complexity index is 537. The van der Waals surface area contributed by atoms with Crippen LogP contribution in [0.3, 0.4) is 0 Å². The van der Waals surface area contributed by atoms with Crippen LogP contribution in [0, 0.1) is 5.82 Å². The molecule has 5 nitrogen and oxygen atoms in total. The van der Waals surface area contributed by atoms with Gasteiger partial charge in [0, 0.05) is 12.1 Å². The van der Waals surface area contributed by atoms with Gasteiger partial charge in [-0.25, -0.2) is 4.39 Å². The maximum Gasteiger partial charge on any atom is 0.305 e. The van der Waals surface area contributed by atoms with E-state index in [2.05, 4.69) is 15.9 Å². The van der Waals surface area contributed by atoms with Crippen LogP contribution in [0.25, 0.3) is 0 Å². The Morgan fingerprint density at radius 3 is 2.90 bits per heavy atom. The first-order chi connectivity index (χ1) is 9.49.